The second kappa shape index (κ2) is 9.83. The van der Waals surface area contributed by atoms with Gasteiger partial charge in [-0.3, -0.25) is 0 Å². The molecule has 0 saturated carbocycles. The van der Waals surface area contributed by atoms with Crippen LogP contribution in [0.2, 0.25) is 0 Å². The minimum absolute atomic E-state index is 0.474. The molecule has 1 fully saturated rings. The number of methoxy groups -OCH3 is 1. The zero-order valence-corrected chi connectivity index (χ0v) is 11.3. The van der Waals surface area contributed by atoms with Crippen molar-refractivity contribution in [3.63, 3.8) is 0 Å². The van der Waals surface area contributed by atoms with Crippen LogP contribution in [0.25, 0.3) is 0 Å². The largest absolute Gasteiger partial charge is 0.383 e. The maximum atomic E-state index is 5.54. The normalized spacial score (nSPS) is 18.7. The highest BCUT2D eigenvalue weighted by molar-refractivity contribution is 4.69. The van der Waals surface area contributed by atoms with Crippen LogP contribution in [-0.2, 0) is 4.74 Å². The summed E-state index contributed by atoms with van der Waals surface area (Å²) < 4.78 is 5.22. The van der Waals surface area contributed by atoms with Gasteiger partial charge in [-0.25, -0.2) is 0 Å². The molecule has 0 aromatic heterocycles. The van der Waals surface area contributed by atoms with Crippen LogP contribution in [0, 0.1) is 0 Å². The van der Waals surface area contributed by atoms with Gasteiger partial charge >= 0.3 is 0 Å². The van der Waals surface area contributed by atoms with E-state index in [4.69, 9.17) is 10.5 Å². The first-order chi connectivity index (χ1) is 8.36. The highest BCUT2D eigenvalue weighted by atomic mass is 16.5. The van der Waals surface area contributed by atoms with Gasteiger partial charge in [0.15, 0.2) is 0 Å². The summed E-state index contributed by atoms with van der Waals surface area (Å²) in [5, 5.41) is 3.57. The molecular weight excluding hydrogens is 214 g/mol. The van der Waals surface area contributed by atoms with Crippen LogP contribution in [0.4, 0.5) is 0 Å². The van der Waals surface area contributed by atoms with Crippen molar-refractivity contribution in [1.82, 2.24) is 10.2 Å². The standard InChI is InChI=1S/C13H29N3O/c1-17-12-13(6-4-7-14)15-8-5-11-16-9-2-3-10-16/h13,15H,2-12,14H2,1H3. The fourth-order valence-corrected chi connectivity index (χ4v) is 2.42. The van der Waals surface area contributed by atoms with Crippen molar-refractivity contribution in [2.24, 2.45) is 5.73 Å². The Bertz CT molecular complexity index is 172. The molecule has 1 saturated heterocycles. The van der Waals surface area contributed by atoms with E-state index in [0.717, 1.165) is 32.5 Å². The molecule has 0 spiro atoms. The van der Waals surface area contributed by atoms with Crippen molar-refractivity contribution >= 4 is 0 Å². The minimum Gasteiger partial charge on any atom is -0.383 e. The fourth-order valence-electron chi connectivity index (χ4n) is 2.42. The first kappa shape index (κ1) is 14.9. The SMILES string of the molecule is COCC(CCCN)NCCCN1CCCC1. The van der Waals surface area contributed by atoms with E-state index in [2.05, 4.69) is 10.2 Å². The lowest BCUT2D eigenvalue weighted by Crippen LogP contribution is -2.35. The third-order valence-corrected chi connectivity index (χ3v) is 3.41. The zero-order valence-electron chi connectivity index (χ0n) is 11.3. The number of likely N-dealkylation sites (tertiary alicyclic amines) is 1. The molecule has 0 aliphatic carbocycles. The van der Waals surface area contributed by atoms with E-state index in [-0.39, 0.29) is 0 Å². The molecular formula is C13H29N3O. The van der Waals surface area contributed by atoms with Crippen molar-refractivity contribution in [3.8, 4) is 0 Å². The topological polar surface area (TPSA) is 50.5 Å². The molecule has 1 unspecified atom stereocenters. The number of nitrogens with zero attached hydrogens (tertiary/aromatic N) is 1. The molecule has 1 aliphatic heterocycles. The zero-order chi connectivity index (χ0) is 12.3. The highest BCUT2D eigenvalue weighted by Crippen LogP contribution is 2.07. The molecule has 0 radical (unpaired) electrons. The van der Waals surface area contributed by atoms with Crippen LogP contribution in [0.3, 0.4) is 0 Å². The second-order valence-corrected chi connectivity index (χ2v) is 4.94. The quantitative estimate of drug-likeness (QED) is 0.558. The number of hydrogen-bond acceptors (Lipinski definition) is 4. The molecule has 0 aromatic carbocycles. The number of nitrogens with one attached hydrogen (secondary N) is 1. The third kappa shape index (κ3) is 6.99. The first-order valence-electron chi connectivity index (χ1n) is 7.01. The lowest BCUT2D eigenvalue weighted by molar-refractivity contribution is 0.161. The molecule has 17 heavy (non-hydrogen) atoms. The lowest BCUT2D eigenvalue weighted by Gasteiger charge is -2.19. The maximum absolute atomic E-state index is 5.54. The van der Waals surface area contributed by atoms with Gasteiger partial charge in [0.05, 0.1) is 6.61 Å². The van der Waals surface area contributed by atoms with Gasteiger partial charge in [-0.15, -0.1) is 0 Å². The van der Waals surface area contributed by atoms with Crippen LogP contribution >= 0.6 is 0 Å². The summed E-state index contributed by atoms with van der Waals surface area (Å²) in [7, 11) is 1.77. The molecule has 0 amide bonds. The maximum Gasteiger partial charge on any atom is 0.0615 e. The summed E-state index contributed by atoms with van der Waals surface area (Å²) in [6.07, 6.45) is 6.20. The molecule has 1 atom stereocenters. The Morgan fingerprint density at radius 2 is 2.06 bits per heavy atom. The van der Waals surface area contributed by atoms with Crippen LogP contribution in [0.5, 0.6) is 0 Å². The van der Waals surface area contributed by atoms with E-state index >= 15 is 0 Å². The number of rotatable bonds is 10. The van der Waals surface area contributed by atoms with E-state index in [1.165, 1.54) is 38.9 Å². The highest BCUT2D eigenvalue weighted by Gasteiger charge is 2.11. The molecule has 1 rings (SSSR count). The predicted molar refractivity (Wildman–Crippen MR) is 72.2 cm³/mol. The van der Waals surface area contributed by atoms with Gasteiger partial charge in [0.2, 0.25) is 0 Å². The van der Waals surface area contributed by atoms with Crippen molar-refractivity contribution in [2.45, 2.75) is 38.1 Å². The van der Waals surface area contributed by atoms with Crippen LogP contribution in [0.15, 0.2) is 0 Å². The summed E-state index contributed by atoms with van der Waals surface area (Å²) in [5.41, 5.74) is 5.54. The summed E-state index contributed by atoms with van der Waals surface area (Å²) in [5.74, 6) is 0. The first-order valence-corrected chi connectivity index (χ1v) is 7.01. The number of nitrogens with two attached hydrogens (primary N) is 1. The Balaban J connectivity index is 2.00. The van der Waals surface area contributed by atoms with Gasteiger partial charge in [0.1, 0.15) is 0 Å². The minimum atomic E-state index is 0.474. The predicted octanol–water partition coefficient (Wildman–Crippen LogP) is 0.816. The molecule has 4 nitrogen and oxygen atoms in total. The second-order valence-electron chi connectivity index (χ2n) is 4.94. The van der Waals surface area contributed by atoms with Gasteiger partial charge < -0.3 is 20.7 Å². The summed E-state index contributed by atoms with van der Waals surface area (Å²) in [4.78, 5) is 2.56. The van der Waals surface area contributed by atoms with E-state index in [1.54, 1.807) is 7.11 Å². The molecule has 0 bridgehead atoms. The monoisotopic (exact) mass is 243 g/mol. The molecule has 4 heteroatoms. The Hall–Kier alpha value is -0.160. The van der Waals surface area contributed by atoms with Gasteiger partial charge in [-0.05, 0) is 64.8 Å². The average Bonchev–Trinajstić information content (AvgIpc) is 2.84. The van der Waals surface area contributed by atoms with Gasteiger partial charge in [0, 0.05) is 13.2 Å². The number of ether oxygens (including phenoxy) is 1. The van der Waals surface area contributed by atoms with Crippen molar-refractivity contribution < 1.29 is 4.74 Å². The van der Waals surface area contributed by atoms with E-state index in [1.807, 2.05) is 0 Å². The summed E-state index contributed by atoms with van der Waals surface area (Å²) in [6, 6.07) is 0.474. The fraction of sp³-hybridized carbons (Fsp3) is 1.00. The average molecular weight is 243 g/mol. The van der Waals surface area contributed by atoms with Gasteiger partial charge in [0.25, 0.3) is 0 Å². The van der Waals surface area contributed by atoms with Crippen molar-refractivity contribution in [2.75, 3.05) is 46.4 Å². The van der Waals surface area contributed by atoms with Crippen LogP contribution in [0.1, 0.15) is 32.1 Å². The Labute approximate surface area is 106 Å². The van der Waals surface area contributed by atoms with Crippen molar-refractivity contribution in [1.29, 1.82) is 0 Å². The smallest absolute Gasteiger partial charge is 0.0615 e. The van der Waals surface area contributed by atoms with E-state index in [0.29, 0.717) is 6.04 Å². The van der Waals surface area contributed by atoms with Crippen LogP contribution < -0.4 is 11.1 Å². The summed E-state index contributed by atoms with van der Waals surface area (Å²) in [6.45, 7) is 6.50. The van der Waals surface area contributed by atoms with Crippen molar-refractivity contribution in [3.05, 3.63) is 0 Å². The van der Waals surface area contributed by atoms with E-state index < -0.39 is 0 Å². The number of hydrogen-bond donors (Lipinski definition) is 2. The van der Waals surface area contributed by atoms with Gasteiger partial charge in [-0.2, -0.15) is 0 Å². The summed E-state index contributed by atoms with van der Waals surface area (Å²) >= 11 is 0. The van der Waals surface area contributed by atoms with Gasteiger partial charge in [-0.1, -0.05) is 0 Å². The molecule has 1 heterocycles. The molecule has 1 aliphatic rings. The molecule has 0 aromatic rings. The Morgan fingerprint density at radius 3 is 2.71 bits per heavy atom. The molecule has 102 valence electrons. The molecule has 3 N–H and O–H groups in total. The Kier molecular flexibility index (Phi) is 8.61. The third-order valence-electron chi connectivity index (χ3n) is 3.41. The lowest BCUT2D eigenvalue weighted by atomic mass is 10.1. The van der Waals surface area contributed by atoms with Crippen LogP contribution in [-0.4, -0.2) is 57.4 Å². The Morgan fingerprint density at radius 1 is 1.29 bits per heavy atom. The van der Waals surface area contributed by atoms with E-state index in [9.17, 15) is 0 Å².